The third-order valence-corrected chi connectivity index (χ3v) is 4.22. The highest BCUT2D eigenvalue weighted by molar-refractivity contribution is 9.10. The minimum Gasteiger partial charge on any atom is -0.487 e. The molecule has 0 amide bonds. The second-order valence-electron chi connectivity index (χ2n) is 6.51. The third kappa shape index (κ3) is 3.24. The number of aromatic nitrogens is 2. The van der Waals surface area contributed by atoms with E-state index < -0.39 is 5.95 Å². The van der Waals surface area contributed by atoms with Crippen LogP contribution >= 0.6 is 15.9 Å². The van der Waals surface area contributed by atoms with Gasteiger partial charge in [-0.1, -0.05) is 51.1 Å². The molecule has 0 aliphatic carbocycles. The van der Waals surface area contributed by atoms with Crippen LogP contribution in [0.25, 0.3) is 5.52 Å². The Labute approximate surface area is 143 Å². The first kappa shape index (κ1) is 16.0. The Hall–Kier alpha value is -1.88. The Morgan fingerprint density at radius 1 is 1.22 bits per heavy atom. The fraction of sp³-hybridized carbons (Fsp3) is 0.278. The van der Waals surface area contributed by atoms with Gasteiger partial charge in [0.15, 0.2) is 0 Å². The average molecular weight is 377 g/mol. The van der Waals surface area contributed by atoms with E-state index in [1.807, 2.05) is 57.2 Å². The molecule has 0 aliphatic heterocycles. The van der Waals surface area contributed by atoms with Crippen LogP contribution in [-0.2, 0) is 12.0 Å². The van der Waals surface area contributed by atoms with Crippen LogP contribution in [0.2, 0.25) is 0 Å². The zero-order valence-electron chi connectivity index (χ0n) is 13.3. The molecule has 5 heteroatoms. The van der Waals surface area contributed by atoms with Crippen LogP contribution in [0, 0.1) is 5.95 Å². The average Bonchev–Trinajstić information content (AvgIpc) is 2.83. The zero-order valence-corrected chi connectivity index (χ0v) is 14.9. The minimum atomic E-state index is -0.446. The number of benzene rings is 1. The van der Waals surface area contributed by atoms with Gasteiger partial charge in [0.25, 0.3) is 0 Å². The third-order valence-electron chi connectivity index (χ3n) is 3.61. The van der Waals surface area contributed by atoms with Crippen molar-refractivity contribution in [2.45, 2.75) is 32.8 Å². The lowest BCUT2D eigenvalue weighted by Crippen LogP contribution is -2.12. The summed E-state index contributed by atoms with van der Waals surface area (Å²) in [6.45, 7) is 6.37. The van der Waals surface area contributed by atoms with Crippen molar-refractivity contribution in [1.29, 1.82) is 0 Å². The Morgan fingerprint density at radius 2 is 1.91 bits per heavy atom. The number of halogens is 2. The molecule has 1 aromatic carbocycles. The van der Waals surface area contributed by atoms with Crippen molar-refractivity contribution in [3.8, 4) is 5.75 Å². The first-order valence-corrected chi connectivity index (χ1v) is 8.20. The van der Waals surface area contributed by atoms with Crippen LogP contribution in [0.5, 0.6) is 5.75 Å². The fourth-order valence-corrected chi connectivity index (χ4v) is 3.17. The lowest BCUT2D eigenvalue weighted by molar-refractivity contribution is 0.304. The highest BCUT2D eigenvalue weighted by Gasteiger charge is 2.26. The summed E-state index contributed by atoms with van der Waals surface area (Å²) in [6, 6.07) is 11.8. The van der Waals surface area contributed by atoms with E-state index in [-0.39, 0.29) is 5.41 Å². The molecule has 0 unspecified atom stereocenters. The van der Waals surface area contributed by atoms with Crippen LogP contribution in [0.3, 0.4) is 0 Å². The molecular formula is C18H18BrFN2O. The number of nitrogens with zero attached hydrogens (tertiary/aromatic N) is 2. The number of ether oxygens (including phenoxy) is 1. The second-order valence-corrected chi connectivity index (χ2v) is 7.36. The molecule has 3 rings (SSSR count). The molecule has 23 heavy (non-hydrogen) atoms. The summed E-state index contributed by atoms with van der Waals surface area (Å²) in [4.78, 5) is 0. The largest absolute Gasteiger partial charge is 0.487 e. The van der Waals surface area contributed by atoms with Crippen LogP contribution in [0.1, 0.15) is 31.9 Å². The van der Waals surface area contributed by atoms with Crippen molar-refractivity contribution in [3.05, 3.63) is 64.1 Å². The molecule has 0 saturated carbocycles. The van der Waals surface area contributed by atoms with Gasteiger partial charge in [0.2, 0.25) is 5.95 Å². The molecule has 3 nitrogen and oxygen atoms in total. The van der Waals surface area contributed by atoms with E-state index in [1.54, 1.807) is 10.7 Å². The Kier molecular flexibility index (Phi) is 4.15. The maximum atomic E-state index is 14.3. The number of hydrogen-bond acceptors (Lipinski definition) is 2. The predicted molar refractivity (Wildman–Crippen MR) is 92.3 cm³/mol. The monoisotopic (exact) mass is 376 g/mol. The topological polar surface area (TPSA) is 26.5 Å². The van der Waals surface area contributed by atoms with Gasteiger partial charge in [-0.05, 0) is 33.0 Å². The summed E-state index contributed by atoms with van der Waals surface area (Å²) < 4.78 is 22.4. The standard InChI is InChI=1S/C18H18BrFN2O/c1-18(2,3)15-16-14(19)9-13(10-22(16)21-17(15)20)23-11-12-7-5-4-6-8-12/h4-10H,11H2,1-3H3. The molecule has 0 fully saturated rings. The number of fused-ring (bicyclic) bond motifs is 1. The molecule has 0 bridgehead atoms. The molecule has 0 saturated heterocycles. The van der Waals surface area contributed by atoms with Gasteiger partial charge in [0.1, 0.15) is 12.4 Å². The summed E-state index contributed by atoms with van der Waals surface area (Å²) in [5, 5.41) is 4.00. The summed E-state index contributed by atoms with van der Waals surface area (Å²) >= 11 is 3.52. The van der Waals surface area contributed by atoms with Crippen molar-refractivity contribution < 1.29 is 9.13 Å². The Balaban J connectivity index is 1.96. The van der Waals surface area contributed by atoms with Gasteiger partial charge in [-0.25, -0.2) is 4.52 Å². The predicted octanol–water partition coefficient (Wildman–Crippen LogP) is 5.11. The first-order chi connectivity index (χ1) is 10.9. The van der Waals surface area contributed by atoms with Gasteiger partial charge in [0.05, 0.1) is 11.7 Å². The van der Waals surface area contributed by atoms with Crippen LogP contribution < -0.4 is 4.74 Å². The van der Waals surface area contributed by atoms with Gasteiger partial charge in [0, 0.05) is 10.0 Å². The van der Waals surface area contributed by atoms with E-state index in [0.717, 1.165) is 15.6 Å². The summed E-state index contributed by atoms with van der Waals surface area (Å²) in [5.41, 5.74) is 2.08. The van der Waals surface area contributed by atoms with Gasteiger partial charge in [-0.3, -0.25) is 0 Å². The molecule has 0 radical (unpaired) electrons. The van der Waals surface area contributed by atoms with E-state index in [0.29, 0.717) is 17.9 Å². The van der Waals surface area contributed by atoms with Crippen LogP contribution in [-0.4, -0.2) is 9.61 Å². The lowest BCUT2D eigenvalue weighted by Gasteiger charge is -2.17. The summed E-state index contributed by atoms with van der Waals surface area (Å²) in [6.07, 6.45) is 1.71. The molecule has 0 aliphatic rings. The maximum Gasteiger partial charge on any atom is 0.237 e. The van der Waals surface area contributed by atoms with Gasteiger partial charge >= 0.3 is 0 Å². The van der Waals surface area contributed by atoms with Crippen molar-refractivity contribution in [2.24, 2.45) is 0 Å². The van der Waals surface area contributed by atoms with Gasteiger partial charge in [-0.15, -0.1) is 5.10 Å². The summed E-state index contributed by atoms with van der Waals surface area (Å²) in [5.74, 6) is 0.189. The number of pyridine rings is 1. The summed E-state index contributed by atoms with van der Waals surface area (Å²) in [7, 11) is 0. The molecule has 0 spiro atoms. The molecule has 2 heterocycles. The second kappa shape index (κ2) is 5.96. The normalized spacial score (nSPS) is 11.9. The molecule has 0 atom stereocenters. The molecular weight excluding hydrogens is 359 g/mol. The van der Waals surface area contributed by atoms with E-state index in [1.165, 1.54) is 0 Å². The van der Waals surface area contributed by atoms with Gasteiger partial charge in [-0.2, -0.15) is 4.39 Å². The van der Waals surface area contributed by atoms with E-state index in [9.17, 15) is 4.39 Å². The first-order valence-electron chi connectivity index (χ1n) is 7.41. The van der Waals surface area contributed by atoms with Crippen LogP contribution in [0.15, 0.2) is 47.1 Å². The van der Waals surface area contributed by atoms with Crippen molar-refractivity contribution >= 4 is 21.4 Å². The van der Waals surface area contributed by atoms with Crippen LogP contribution in [0.4, 0.5) is 4.39 Å². The zero-order chi connectivity index (χ0) is 16.6. The van der Waals surface area contributed by atoms with Crippen molar-refractivity contribution in [1.82, 2.24) is 9.61 Å². The van der Waals surface area contributed by atoms with E-state index in [4.69, 9.17) is 4.74 Å². The molecule has 3 aromatic rings. The Bertz CT molecular complexity index is 838. The van der Waals surface area contributed by atoms with Crippen molar-refractivity contribution in [2.75, 3.05) is 0 Å². The lowest BCUT2D eigenvalue weighted by atomic mass is 9.88. The maximum absolute atomic E-state index is 14.3. The quantitative estimate of drug-likeness (QED) is 0.634. The van der Waals surface area contributed by atoms with Gasteiger partial charge < -0.3 is 4.74 Å². The Morgan fingerprint density at radius 3 is 2.57 bits per heavy atom. The minimum absolute atomic E-state index is 0.333. The molecule has 120 valence electrons. The number of hydrogen-bond donors (Lipinski definition) is 0. The van der Waals surface area contributed by atoms with E-state index in [2.05, 4.69) is 21.0 Å². The number of rotatable bonds is 3. The van der Waals surface area contributed by atoms with Crippen molar-refractivity contribution in [3.63, 3.8) is 0 Å². The molecule has 2 aromatic heterocycles. The smallest absolute Gasteiger partial charge is 0.237 e. The van der Waals surface area contributed by atoms with E-state index >= 15 is 0 Å². The fourth-order valence-electron chi connectivity index (χ4n) is 2.56. The SMILES string of the molecule is CC(C)(C)c1c(F)nn2cc(OCc3ccccc3)cc(Br)c12. The highest BCUT2D eigenvalue weighted by Crippen LogP contribution is 2.35. The molecule has 0 N–H and O–H groups in total. The highest BCUT2D eigenvalue weighted by atomic mass is 79.9.